The highest BCUT2D eigenvalue weighted by Gasteiger charge is 2.39. The van der Waals surface area contributed by atoms with Gasteiger partial charge in [-0.15, -0.1) is 0 Å². The molecule has 108 valence electrons. The van der Waals surface area contributed by atoms with Crippen LogP contribution in [0.25, 0.3) is 0 Å². The Morgan fingerprint density at radius 2 is 1.86 bits per heavy atom. The van der Waals surface area contributed by atoms with Crippen molar-refractivity contribution >= 4 is 5.69 Å². The summed E-state index contributed by atoms with van der Waals surface area (Å²) in [6.07, 6.45) is 2.63. The van der Waals surface area contributed by atoms with Crippen molar-refractivity contribution in [1.29, 1.82) is 0 Å². The number of hydrogen-bond donors (Lipinski definition) is 1. The molecule has 2 aromatic rings. The minimum Gasteiger partial charge on any atom is -0.378 e. The van der Waals surface area contributed by atoms with Gasteiger partial charge in [-0.25, -0.2) is 0 Å². The molecule has 0 aliphatic carbocycles. The van der Waals surface area contributed by atoms with Crippen LogP contribution in [0.4, 0.5) is 5.69 Å². The third kappa shape index (κ3) is 2.24. The topological polar surface area (TPSA) is 21.3 Å². The molecular formula is C19H21NO. The van der Waals surface area contributed by atoms with E-state index >= 15 is 0 Å². The third-order valence-corrected chi connectivity index (χ3v) is 4.81. The molecule has 2 aromatic carbocycles. The summed E-state index contributed by atoms with van der Waals surface area (Å²) < 4.78 is 6.14. The summed E-state index contributed by atoms with van der Waals surface area (Å²) in [7, 11) is 0. The number of anilines is 1. The summed E-state index contributed by atoms with van der Waals surface area (Å²) in [6.45, 7) is 3.02. The number of nitrogens with one attached hydrogen (secondary N) is 1. The van der Waals surface area contributed by atoms with Crippen LogP contribution in [0.15, 0.2) is 48.5 Å². The smallest absolute Gasteiger partial charge is 0.0895 e. The maximum atomic E-state index is 6.14. The predicted octanol–water partition coefficient (Wildman–Crippen LogP) is 4.63. The Morgan fingerprint density at radius 3 is 2.71 bits per heavy atom. The highest BCUT2D eigenvalue weighted by Crippen LogP contribution is 2.48. The van der Waals surface area contributed by atoms with Gasteiger partial charge in [-0.2, -0.15) is 0 Å². The summed E-state index contributed by atoms with van der Waals surface area (Å²) in [5, 5.41) is 3.75. The molecule has 0 aromatic heterocycles. The minimum atomic E-state index is 0.238. The first-order valence-electron chi connectivity index (χ1n) is 7.86. The zero-order valence-electron chi connectivity index (χ0n) is 12.4. The van der Waals surface area contributed by atoms with Gasteiger partial charge in [0.1, 0.15) is 0 Å². The SMILES string of the molecule is Cc1ccc([C@@H]2Nc3ccccc3[C@H]3OCCC[C@H]32)cc1. The lowest BCUT2D eigenvalue weighted by Crippen LogP contribution is -2.35. The fourth-order valence-corrected chi connectivity index (χ4v) is 3.72. The Morgan fingerprint density at radius 1 is 1.05 bits per heavy atom. The van der Waals surface area contributed by atoms with Crippen molar-refractivity contribution in [2.75, 3.05) is 11.9 Å². The lowest BCUT2D eigenvalue weighted by molar-refractivity contribution is -0.0381. The Balaban J connectivity index is 1.76. The number of fused-ring (bicyclic) bond motifs is 3. The second-order valence-corrected chi connectivity index (χ2v) is 6.22. The van der Waals surface area contributed by atoms with E-state index in [1.54, 1.807) is 0 Å². The van der Waals surface area contributed by atoms with Crippen LogP contribution in [0.2, 0.25) is 0 Å². The van der Waals surface area contributed by atoms with E-state index in [2.05, 4.69) is 60.8 Å². The monoisotopic (exact) mass is 279 g/mol. The molecule has 1 saturated heterocycles. The molecule has 3 atom stereocenters. The normalized spacial score (nSPS) is 27.4. The van der Waals surface area contributed by atoms with Crippen LogP contribution in [0, 0.1) is 12.8 Å². The molecule has 4 rings (SSSR count). The first kappa shape index (κ1) is 12.9. The van der Waals surface area contributed by atoms with Gasteiger partial charge in [0.2, 0.25) is 0 Å². The minimum absolute atomic E-state index is 0.238. The van der Waals surface area contributed by atoms with Crippen LogP contribution in [0.3, 0.4) is 0 Å². The van der Waals surface area contributed by atoms with Gasteiger partial charge < -0.3 is 10.1 Å². The molecule has 0 amide bonds. The average Bonchev–Trinajstić information content (AvgIpc) is 2.55. The lowest BCUT2D eigenvalue weighted by atomic mass is 9.77. The number of hydrogen-bond acceptors (Lipinski definition) is 2. The Hall–Kier alpha value is -1.80. The Kier molecular flexibility index (Phi) is 3.19. The number of benzene rings is 2. The quantitative estimate of drug-likeness (QED) is 0.821. The van der Waals surface area contributed by atoms with Crippen LogP contribution < -0.4 is 5.32 Å². The number of para-hydroxylation sites is 1. The molecule has 0 saturated carbocycles. The number of ether oxygens (including phenoxy) is 1. The average molecular weight is 279 g/mol. The number of aryl methyl sites for hydroxylation is 1. The van der Waals surface area contributed by atoms with Crippen molar-refractivity contribution in [3.8, 4) is 0 Å². The van der Waals surface area contributed by atoms with Crippen molar-refractivity contribution in [2.45, 2.75) is 31.9 Å². The lowest BCUT2D eigenvalue weighted by Gasteiger charge is -2.43. The number of rotatable bonds is 1. The zero-order chi connectivity index (χ0) is 14.2. The van der Waals surface area contributed by atoms with Gasteiger partial charge in [0.05, 0.1) is 12.1 Å². The van der Waals surface area contributed by atoms with Crippen molar-refractivity contribution in [1.82, 2.24) is 0 Å². The summed E-state index contributed by atoms with van der Waals surface area (Å²) in [6, 6.07) is 17.9. The second kappa shape index (κ2) is 5.19. The molecule has 2 heterocycles. The standard InChI is InChI=1S/C19H21NO/c1-13-8-10-14(11-9-13)18-16-6-4-12-21-19(16)15-5-2-3-7-17(15)20-18/h2-3,5,7-11,16,18-20H,4,6,12H2,1H3/t16-,18-,19+/m0/s1. The molecule has 21 heavy (non-hydrogen) atoms. The maximum absolute atomic E-state index is 6.14. The maximum Gasteiger partial charge on any atom is 0.0895 e. The van der Waals surface area contributed by atoms with E-state index in [4.69, 9.17) is 4.74 Å². The molecule has 2 aliphatic heterocycles. The molecule has 1 fully saturated rings. The van der Waals surface area contributed by atoms with Crippen LogP contribution in [-0.2, 0) is 4.74 Å². The van der Waals surface area contributed by atoms with Gasteiger partial charge in [0.15, 0.2) is 0 Å². The Bertz CT molecular complexity index is 634. The van der Waals surface area contributed by atoms with Gasteiger partial charge in [-0.3, -0.25) is 0 Å². The van der Waals surface area contributed by atoms with Crippen LogP contribution >= 0.6 is 0 Å². The van der Waals surface area contributed by atoms with E-state index in [-0.39, 0.29) is 6.10 Å². The van der Waals surface area contributed by atoms with Crippen molar-refractivity contribution < 1.29 is 4.74 Å². The first-order chi connectivity index (χ1) is 10.3. The van der Waals surface area contributed by atoms with Crippen LogP contribution in [0.5, 0.6) is 0 Å². The van der Waals surface area contributed by atoms with Gasteiger partial charge in [-0.1, -0.05) is 48.0 Å². The van der Waals surface area contributed by atoms with Gasteiger partial charge in [0, 0.05) is 23.8 Å². The highest BCUT2D eigenvalue weighted by atomic mass is 16.5. The van der Waals surface area contributed by atoms with Crippen molar-refractivity contribution in [2.24, 2.45) is 5.92 Å². The van der Waals surface area contributed by atoms with E-state index in [1.165, 1.54) is 28.8 Å². The van der Waals surface area contributed by atoms with E-state index in [0.29, 0.717) is 12.0 Å². The van der Waals surface area contributed by atoms with Crippen molar-refractivity contribution in [3.05, 3.63) is 65.2 Å². The Labute approximate surface area is 126 Å². The van der Waals surface area contributed by atoms with E-state index in [1.807, 2.05) is 0 Å². The molecule has 0 bridgehead atoms. The fraction of sp³-hybridized carbons (Fsp3) is 0.368. The summed E-state index contributed by atoms with van der Waals surface area (Å²) >= 11 is 0. The molecule has 1 N–H and O–H groups in total. The highest BCUT2D eigenvalue weighted by molar-refractivity contribution is 5.57. The van der Waals surface area contributed by atoms with E-state index in [0.717, 1.165) is 13.0 Å². The predicted molar refractivity (Wildman–Crippen MR) is 85.4 cm³/mol. The molecule has 2 aliphatic rings. The van der Waals surface area contributed by atoms with Gasteiger partial charge in [0.25, 0.3) is 0 Å². The van der Waals surface area contributed by atoms with Crippen molar-refractivity contribution in [3.63, 3.8) is 0 Å². The second-order valence-electron chi connectivity index (χ2n) is 6.22. The first-order valence-corrected chi connectivity index (χ1v) is 7.86. The molecule has 0 radical (unpaired) electrons. The largest absolute Gasteiger partial charge is 0.378 e. The van der Waals surface area contributed by atoms with Crippen LogP contribution in [0.1, 0.15) is 41.7 Å². The zero-order valence-corrected chi connectivity index (χ0v) is 12.4. The van der Waals surface area contributed by atoms with Gasteiger partial charge >= 0.3 is 0 Å². The molecular weight excluding hydrogens is 258 g/mol. The van der Waals surface area contributed by atoms with Gasteiger partial charge in [-0.05, 0) is 31.4 Å². The fourth-order valence-electron chi connectivity index (χ4n) is 3.72. The molecule has 2 heteroatoms. The summed E-state index contributed by atoms with van der Waals surface area (Å²) in [5.74, 6) is 0.524. The third-order valence-electron chi connectivity index (χ3n) is 4.81. The summed E-state index contributed by atoms with van der Waals surface area (Å²) in [5.41, 5.74) is 5.23. The molecule has 0 spiro atoms. The molecule has 2 nitrogen and oxygen atoms in total. The summed E-state index contributed by atoms with van der Waals surface area (Å²) in [4.78, 5) is 0. The van der Waals surface area contributed by atoms with E-state index < -0.39 is 0 Å². The van der Waals surface area contributed by atoms with Crippen LogP contribution in [-0.4, -0.2) is 6.61 Å². The molecule has 0 unspecified atom stereocenters. The van der Waals surface area contributed by atoms with E-state index in [9.17, 15) is 0 Å².